The molecule has 1 aliphatic rings. The summed E-state index contributed by atoms with van der Waals surface area (Å²) in [5.41, 5.74) is 1.88. The highest BCUT2D eigenvalue weighted by Crippen LogP contribution is 2.38. The molecule has 12 heteroatoms. The van der Waals surface area contributed by atoms with Crippen LogP contribution in [0.25, 0.3) is 6.08 Å². The highest BCUT2D eigenvalue weighted by atomic mass is 32.2. The molecule has 1 aromatic heterocycles. The number of amides is 2. The maximum atomic E-state index is 12.7. The summed E-state index contributed by atoms with van der Waals surface area (Å²) in [6, 6.07) is 13.7. The average Bonchev–Trinajstić information content (AvgIpc) is 3.41. The third-order valence-electron chi connectivity index (χ3n) is 5.82. The Morgan fingerprint density at radius 3 is 2.32 bits per heavy atom. The number of benzene rings is 2. The minimum atomic E-state index is -0.362. The van der Waals surface area contributed by atoms with Crippen molar-refractivity contribution in [1.82, 2.24) is 15.1 Å². The Labute approximate surface area is 229 Å². The molecule has 0 aliphatic carbocycles. The van der Waals surface area contributed by atoms with Crippen molar-refractivity contribution in [3.63, 3.8) is 0 Å². The number of rotatable bonds is 10. The number of methoxy groups -OCH3 is 3. The molecule has 0 radical (unpaired) electrons. The zero-order chi connectivity index (χ0) is 26.9. The van der Waals surface area contributed by atoms with E-state index in [-0.39, 0.29) is 17.6 Å². The van der Waals surface area contributed by atoms with Gasteiger partial charge in [-0.05, 0) is 35.9 Å². The number of ether oxygens (including phenoxy) is 3. The summed E-state index contributed by atoms with van der Waals surface area (Å²) in [7, 11) is 4.59. The largest absolute Gasteiger partial charge is 0.493 e. The van der Waals surface area contributed by atoms with Gasteiger partial charge in [0.1, 0.15) is 0 Å². The fourth-order valence-corrected chi connectivity index (χ4v) is 5.56. The van der Waals surface area contributed by atoms with Gasteiger partial charge in [0.05, 0.1) is 27.1 Å². The highest BCUT2D eigenvalue weighted by molar-refractivity contribution is 8.01. The van der Waals surface area contributed by atoms with Gasteiger partial charge >= 0.3 is 0 Å². The van der Waals surface area contributed by atoms with Crippen molar-refractivity contribution in [2.24, 2.45) is 0 Å². The normalized spacial score (nSPS) is 13.4. The predicted molar refractivity (Wildman–Crippen MR) is 150 cm³/mol. The summed E-state index contributed by atoms with van der Waals surface area (Å²) < 4.78 is 16.6. The summed E-state index contributed by atoms with van der Waals surface area (Å²) in [6.45, 7) is 2.98. The summed E-state index contributed by atoms with van der Waals surface area (Å²) in [5.74, 6) is 1.43. The van der Waals surface area contributed by atoms with E-state index < -0.39 is 0 Å². The van der Waals surface area contributed by atoms with Crippen LogP contribution >= 0.6 is 23.1 Å². The molecule has 2 aromatic carbocycles. The van der Waals surface area contributed by atoms with Crippen molar-refractivity contribution in [3.05, 3.63) is 54.1 Å². The lowest BCUT2D eigenvalue weighted by Gasteiger charge is -2.36. The Balaban J connectivity index is 1.25. The number of hydrogen-bond donors (Lipinski definition) is 1. The second-order valence-electron chi connectivity index (χ2n) is 8.15. The highest BCUT2D eigenvalue weighted by Gasteiger charge is 2.22. The number of thioether (sulfide) groups is 1. The smallest absolute Gasteiger partial charge is 0.250 e. The van der Waals surface area contributed by atoms with E-state index in [9.17, 15) is 9.59 Å². The maximum absolute atomic E-state index is 12.7. The molecular formula is C26H29N5O5S2. The molecule has 0 unspecified atom stereocenters. The van der Waals surface area contributed by atoms with Gasteiger partial charge in [-0.25, -0.2) is 0 Å². The van der Waals surface area contributed by atoms with Crippen LogP contribution < -0.4 is 24.4 Å². The summed E-state index contributed by atoms with van der Waals surface area (Å²) >= 11 is 2.55. The standard InChI is InChI=1S/C26H29N5O5S2/c1-34-20-15-18(16-21(35-2)24(20)36-3)9-10-22(32)27-25-28-29-26(38-25)37-17-23(33)31-13-11-30(12-14-31)19-7-5-4-6-8-19/h4-10,15-16H,11-14,17H2,1-3H3,(H,27,28,32)/b10-9+. The molecule has 0 bridgehead atoms. The first-order chi connectivity index (χ1) is 18.5. The van der Waals surface area contributed by atoms with Crippen molar-refractivity contribution in [1.29, 1.82) is 0 Å². The van der Waals surface area contributed by atoms with Crippen LogP contribution in [-0.4, -0.2) is 80.2 Å². The van der Waals surface area contributed by atoms with Crippen molar-refractivity contribution in [2.75, 3.05) is 63.5 Å². The van der Waals surface area contributed by atoms with E-state index in [0.29, 0.717) is 45.4 Å². The number of anilines is 2. The second kappa shape index (κ2) is 13.2. The summed E-state index contributed by atoms with van der Waals surface area (Å²) in [6.07, 6.45) is 3.01. The summed E-state index contributed by atoms with van der Waals surface area (Å²) in [5, 5.41) is 11.2. The van der Waals surface area contributed by atoms with Crippen LogP contribution in [-0.2, 0) is 9.59 Å². The van der Waals surface area contributed by atoms with Crippen LogP contribution in [0.1, 0.15) is 5.56 Å². The molecule has 1 fully saturated rings. The Kier molecular flexibility index (Phi) is 9.44. The first-order valence-corrected chi connectivity index (χ1v) is 13.6. The molecule has 3 aromatic rings. The summed E-state index contributed by atoms with van der Waals surface area (Å²) in [4.78, 5) is 29.3. The van der Waals surface area contributed by atoms with Gasteiger partial charge in [0.25, 0.3) is 0 Å². The van der Waals surface area contributed by atoms with Gasteiger partial charge in [0, 0.05) is 37.9 Å². The number of nitrogens with one attached hydrogen (secondary N) is 1. The number of piperazine rings is 1. The molecule has 200 valence electrons. The topological polar surface area (TPSA) is 106 Å². The number of para-hydroxylation sites is 1. The van der Waals surface area contributed by atoms with Gasteiger partial charge in [-0.3, -0.25) is 14.9 Å². The Morgan fingerprint density at radius 1 is 1.00 bits per heavy atom. The van der Waals surface area contributed by atoms with E-state index in [4.69, 9.17) is 14.2 Å². The zero-order valence-corrected chi connectivity index (χ0v) is 23.0. The molecule has 1 N–H and O–H groups in total. The van der Waals surface area contributed by atoms with E-state index in [1.54, 1.807) is 18.2 Å². The molecular weight excluding hydrogens is 526 g/mol. The lowest BCUT2D eigenvalue weighted by atomic mass is 10.1. The third kappa shape index (κ3) is 6.95. The third-order valence-corrected chi connectivity index (χ3v) is 7.78. The van der Waals surface area contributed by atoms with Crippen LogP contribution in [0.5, 0.6) is 17.2 Å². The van der Waals surface area contributed by atoms with Crippen LogP contribution in [0.4, 0.5) is 10.8 Å². The Morgan fingerprint density at radius 2 is 1.68 bits per heavy atom. The van der Waals surface area contributed by atoms with Crippen LogP contribution in [0.15, 0.2) is 52.9 Å². The first kappa shape index (κ1) is 27.3. The van der Waals surface area contributed by atoms with Crippen LogP contribution in [0, 0.1) is 0 Å². The molecule has 38 heavy (non-hydrogen) atoms. The van der Waals surface area contributed by atoms with E-state index >= 15 is 0 Å². The molecule has 1 aliphatic heterocycles. The molecule has 1 saturated heterocycles. The van der Waals surface area contributed by atoms with Crippen LogP contribution in [0.3, 0.4) is 0 Å². The fraction of sp³-hybridized carbons (Fsp3) is 0.308. The Hall–Kier alpha value is -3.77. The van der Waals surface area contributed by atoms with Crippen LogP contribution in [0.2, 0.25) is 0 Å². The van der Waals surface area contributed by atoms with Gasteiger partial charge in [0.15, 0.2) is 15.8 Å². The predicted octanol–water partition coefficient (Wildman–Crippen LogP) is 3.66. The van der Waals surface area contributed by atoms with Crippen molar-refractivity contribution >= 4 is 51.8 Å². The van der Waals surface area contributed by atoms with E-state index in [2.05, 4.69) is 32.5 Å². The van der Waals surface area contributed by atoms with E-state index in [1.165, 1.54) is 56.2 Å². The van der Waals surface area contributed by atoms with Gasteiger partial charge in [-0.1, -0.05) is 41.3 Å². The van der Waals surface area contributed by atoms with Crippen molar-refractivity contribution < 1.29 is 23.8 Å². The molecule has 10 nitrogen and oxygen atoms in total. The fourth-order valence-electron chi connectivity index (χ4n) is 3.90. The van der Waals surface area contributed by atoms with E-state index in [0.717, 1.165) is 13.1 Å². The number of aromatic nitrogens is 2. The monoisotopic (exact) mass is 555 g/mol. The lowest BCUT2D eigenvalue weighted by molar-refractivity contribution is -0.128. The molecule has 2 amide bonds. The number of carbonyl (C=O) groups is 2. The molecule has 0 saturated carbocycles. The SMILES string of the molecule is COc1cc(/C=C/C(=O)Nc2nnc(SCC(=O)N3CCN(c4ccccc4)CC3)s2)cc(OC)c1OC. The second-order valence-corrected chi connectivity index (χ2v) is 10.3. The van der Waals surface area contributed by atoms with Crippen molar-refractivity contribution in [3.8, 4) is 17.2 Å². The Bertz CT molecular complexity index is 1250. The average molecular weight is 556 g/mol. The number of carbonyl (C=O) groups excluding carboxylic acids is 2. The van der Waals surface area contributed by atoms with Gasteiger partial charge in [0.2, 0.25) is 22.7 Å². The quantitative estimate of drug-likeness (QED) is 0.228. The molecule has 2 heterocycles. The molecule has 4 rings (SSSR count). The van der Waals surface area contributed by atoms with Gasteiger partial charge in [-0.2, -0.15) is 0 Å². The maximum Gasteiger partial charge on any atom is 0.250 e. The van der Waals surface area contributed by atoms with Crippen molar-refractivity contribution in [2.45, 2.75) is 4.34 Å². The lowest BCUT2D eigenvalue weighted by Crippen LogP contribution is -2.49. The minimum Gasteiger partial charge on any atom is -0.493 e. The van der Waals surface area contributed by atoms with Gasteiger partial charge < -0.3 is 24.0 Å². The number of hydrogen-bond acceptors (Lipinski definition) is 10. The minimum absolute atomic E-state index is 0.0665. The van der Waals surface area contributed by atoms with E-state index in [1.807, 2.05) is 23.1 Å². The molecule has 0 spiro atoms. The number of nitrogens with zero attached hydrogens (tertiary/aromatic N) is 4. The first-order valence-electron chi connectivity index (χ1n) is 11.8. The van der Waals surface area contributed by atoms with Gasteiger partial charge in [-0.15, -0.1) is 10.2 Å². The zero-order valence-electron chi connectivity index (χ0n) is 21.4. The molecule has 0 atom stereocenters.